The number of hydrogen-bond donors (Lipinski definition) is 2. The van der Waals surface area contributed by atoms with Crippen molar-refractivity contribution in [3.63, 3.8) is 0 Å². The van der Waals surface area contributed by atoms with E-state index in [1.807, 2.05) is 19.1 Å². The number of phenols is 1. The maximum atomic E-state index is 13.6. The van der Waals surface area contributed by atoms with Crippen LogP contribution in [0.5, 0.6) is 5.75 Å². The molecule has 2 N–H and O–H groups in total. The molecule has 0 spiro atoms. The average Bonchev–Trinajstić information content (AvgIpc) is 3.37. The van der Waals surface area contributed by atoms with Gasteiger partial charge >= 0.3 is 0 Å². The summed E-state index contributed by atoms with van der Waals surface area (Å²) in [5.41, 5.74) is 0.932. The SMILES string of the molecule is Cc1nnc(C(C)C)n1C1C[C@H]2CC[C@H](C1)N2CC[C@H](NC(=O)C1CCC(F)(F)CC1)c1ccc(O)cc1. The molecule has 208 valence electrons. The van der Waals surface area contributed by atoms with Gasteiger partial charge < -0.3 is 15.0 Å². The standard InChI is InChI=1S/C29H41F2N5O2/c1-18(2)27-34-33-19(3)36(27)24-16-22-6-7-23(17-24)35(22)15-12-26(20-4-8-25(37)9-5-20)32-28(38)21-10-13-29(30,31)14-11-21/h4-5,8-9,18,21-24,26,37H,6-7,10-17H2,1-3H3,(H,32,38)/t22-,23-,26+/m1/s1. The summed E-state index contributed by atoms with van der Waals surface area (Å²) in [4.78, 5) is 15.7. The number of carbonyl (C=O) groups excluding carboxylic acids is 1. The number of halogens is 2. The highest BCUT2D eigenvalue weighted by Crippen LogP contribution is 2.42. The van der Waals surface area contributed by atoms with E-state index in [1.165, 1.54) is 12.8 Å². The third kappa shape index (κ3) is 5.72. The van der Waals surface area contributed by atoms with Gasteiger partial charge in [-0.05, 0) is 69.6 Å². The highest BCUT2D eigenvalue weighted by molar-refractivity contribution is 5.79. The zero-order chi connectivity index (χ0) is 27.0. The number of nitrogens with zero attached hydrogens (tertiary/aromatic N) is 4. The number of aromatic nitrogens is 3. The number of aryl methyl sites for hydroxylation is 1. The van der Waals surface area contributed by atoms with Gasteiger partial charge in [-0.3, -0.25) is 9.69 Å². The molecule has 2 bridgehead atoms. The van der Waals surface area contributed by atoms with Crippen LogP contribution < -0.4 is 5.32 Å². The molecule has 7 nitrogen and oxygen atoms in total. The van der Waals surface area contributed by atoms with Crippen molar-refractivity contribution in [3.8, 4) is 5.75 Å². The molecule has 0 unspecified atom stereocenters. The van der Waals surface area contributed by atoms with Crippen molar-refractivity contribution in [2.45, 2.75) is 115 Å². The highest BCUT2D eigenvalue weighted by atomic mass is 19.3. The van der Waals surface area contributed by atoms with Crippen LogP contribution in [0.2, 0.25) is 0 Å². The van der Waals surface area contributed by atoms with Crippen molar-refractivity contribution < 1.29 is 18.7 Å². The van der Waals surface area contributed by atoms with Gasteiger partial charge in [-0.15, -0.1) is 10.2 Å². The smallest absolute Gasteiger partial charge is 0.248 e. The van der Waals surface area contributed by atoms with E-state index in [2.05, 4.69) is 38.8 Å². The van der Waals surface area contributed by atoms with Crippen molar-refractivity contribution in [1.29, 1.82) is 0 Å². The predicted octanol–water partition coefficient (Wildman–Crippen LogP) is 5.66. The van der Waals surface area contributed by atoms with Crippen LogP contribution in [0.3, 0.4) is 0 Å². The van der Waals surface area contributed by atoms with Crippen molar-refractivity contribution >= 4 is 5.91 Å². The van der Waals surface area contributed by atoms with Gasteiger partial charge in [-0.2, -0.15) is 0 Å². The Bertz CT molecular complexity index is 1090. The minimum absolute atomic E-state index is 0.135. The fraction of sp³-hybridized carbons (Fsp3) is 0.690. The van der Waals surface area contributed by atoms with E-state index in [4.69, 9.17) is 0 Å². The lowest BCUT2D eigenvalue weighted by molar-refractivity contribution is -0.130. The van der Waals surface area contributed by atoms with Gasteiger partial charge in [0, 0.05) is 49.3 Å². The molecule has 2 aromatic rings. The minimum Gasteiger partial charge on any atom is -0.508 e. The molecule has 5 rings (SSSR count). The first-order valence-electron chi connectivity index (χ1n) is 14.3. The Morgan fingerprint density at radius 2 is 1.68 bits per heavy atom. The molecular weight excluding hydrogens is 488 g/mol. The largest absolute Gasteiger partial charge is 0.508 e. The van der Waals surface area contributed by atoms with E-state index in [-0.39, 0.29) is 49.3 Å². The monoisotopic (exact) mass is 529 g/mol. The molecule has 3 aliphatic rings. The number of hydrogen-bond acceptors (Lipinski definition) is 5. The van der Waals surface area contributed by atoms with E-state index < -0.39 is 5.92 Å². The van der Waals surface area contributed by atoms with Gasteiger partial charge in [-0.1, -0.05) is 26.0 Å². The number of carbonyl (C=O) groups is 1. The third-order valence-electron chi connectivity index (χ3n) is 9.01. The molecule has 1 aliphatic carbocycles. The molecule has 1 saturated carbocycles. The Hall–Kier alpha value is -2.55. The van der Waals surface area contributed by atoms with Crippen molar-refractivity contribution in [1.82, 2.24) is 25.0 Å². The van der Waals surface area contributed by atoms with E-state index in [0.29, 0.717) is 24.0 Å². The normalized spacial score (nSPS) is 26.5. The average molecular weight is 530 g/mol. The molecule has 1 amide bonds. The molecule has 2 saturated heterocycles. The Kier molecular flexibility index (Phi) is 7.76. The maximum absolute atomic E-state index is 13.6. The number of amides is 1. The van der Waals surface area contributed by atoms with Gasteiger partial charge in [0.25, 0.3) is 0 Å². The van der Waals surface area contributed by atoms with Gasteiger partial charge in [0.05, 0.1) is 6.04 Å². The summed E-state index contributed by atoms with van der Waals surface area (Å²) >= 11 is 0. The van der Waals surface area contributed by atoms with Crippen LogP contribution in [0.1, 0.15) is 107 Å². The summed E-state index contributed by atoms with van der Waals surface area (Å²) in [6.07, 6.45) is 5.22. The Balaban J connectivity index is 1.25. The molecule has 2 aliphatic heterocycles. The summed E-state index contributed by atoms with van der Waals surface area (Å²) in [6.45, 7) is 7.24. The van der Waals surface area contributed by atoms with Gasteiger partial charge in [0.15, 0.2) is 0 Å². The van der Waals surface area contributed by atoms with Crippen molar-refractivity contribution in [2.24, 2.45) is 5.92 Å². The molecule has 3 heterocycles. The van der Waals surface area contributed by atoms with Crippen LogP contribution in [0, 0.1) is 12.8 Å². The van der Waals surface area contributed by atoms with Crippen molar-refractivity contribution in [2.75, 3.05) is 6.54 Å². The predicted molar refractivity (Wildman–Crippen MR) is 141 cm³/mol. The fourth-order valence-corrected chi connectivity index (χ4v) is 6.95. The quantitative estimate of drug-likeness (QED) is 0.461. The Labute approximate surface area is 224 Å². The van der Waals surface area contributed by atoms with E-state index in [9.17, 15) is 18.7 Å². The fourth-order valence-electron chi connectivity index (χ4n) is 6.95. The Morgan fingerprint density at radius 3 is 2.29 bits per heavy atom. The number of fused-ring (bicyclic) bond motifs is 2. The zero-order valence-corrected chi connectivity index (χ0v) is 22.7. The number of aromatic hydroxyl groups is 1. The first-order valence-corrected chi connectivity index (χ1v) is 14.3. The molecule has 9 heteroatoms. The molecular formula is C29H41F2N5O2. The minimum atomic E-state index is -2.65. The van der Waals surface area contributed by atoms with Gasteiger partial charge in [0.1, 0.15) is 17.4 Å². The number of phenolic OH excluding ortho intramolecular Hbond substituents is 1. The lowest BCUT2D eigenvalue weighted by atomic mass is 9.86. The maximum Gasteiger partial charge on any atom is 0.248 e. The second-order valence-corrected chi connectivity index (χ2v) is 11.9. The summed E-state index contributed by atoms with van der Waals surface area (Å²) in [7, 11) is 0. The summed E-state index contributed by atoms with van der Waals surface area (Å²) in [5.74, 6) is -0.596. The second kappa shape index (κ2) is 10.9. The van der Waals surface area contributed by atoms with Gasteiger partial charge in [-0.25, -0.2) is 8.78 Å². The van der Waals surface area contributed by atoms with Gasteiger partial charge in [0.2, 0.25) is 11.8 Å². The van der Waals surface area contributed by atoms with E-state index in [0.717, 1.165) is 43.0 Å². The summed E-state index contributed by atoms with van der Waals surface area (Å²) < 4.78 is 29.6. The topological polar surface area (TPSA) is 83.3 Å². The molecule has 1 aromatic heterocycles. The Morgan fingerprint density at radius 1 is 1.05 bits per heavy atom. The number of nitrogens with one attached hydrogen (secondary N) is 1. The van der Waals surface area contributed by atoms with E-state index >= 15 is 0 Å². The lowest BCUT2D eigenvalue weighted by Gasteiger charge is -2.40. The number of benzene rings is 1. The molecule has 3 atom stereocenters. The molecule has 1 aromatic carbocycles. The lowest BCUT2D eigenvalue weighted by Crippen LogP contribution is -2.45. The highest BCUT2D eigenvalue weighted by Gasteiger charge is 2.42. The summed E-state index contributed by atoms with van der Waals surface area (Å²) in [5, 5.41) is 21.8. The van der Waals surface area contributed by atoms with E-state index in [1.54, 1.807) is 12.1 Å². The first-order chi connectivity index (χ1) is 18.1. The van der Waals surface area contributed by atoms with Crippen LogP contribution in [0.4, 0.5) is 8.78 Å². The van der Waals surface area contributed by atoms with Crippen LogP contribution in [-0.4, -0.2) is 55.2 Å². The molecule has 0 radical (unpaired) electrons. The molecule has 3 fully saturated rings. The van der Waals surface area contributed by atoms with Crippen LogP contribution in [0.15, 0.2) is 24.3 Å². The summed E-state index contributed by atoms with van der Waals surface area (Å²) in [6, 6.07) is 8.12. The molecule has 38 heavy (non-hydrogen) atoms. The van der Waals surface area contributed by atoms with Crippen LogP contribution in [0.25, 0.3) is 0 Å². The second-order valence-electron chi connectivity index (χ2n) is 11.9. The number of piperidine rings is 1. The first kappa shape index (κ1) is 27.0. The van der Waals surface area contributed by atoms with Crippen LogP contribution >= 0.6 is 0 Å². The van der Waals surface area contributed by atoms with Crippen LogP contribution in [-0.2, 0) is 4.79 Å². The third-order valence-corrected chi connectivity index (χ3v) is 9.01. The number of alkyl halides is 2. The zero-order valence-electron chi connectivity index (χ0n) is 22.7. The van der Waals surface area contributed by atoms with Crippen molar-refractivity contribution in [3.05, 3.63) is 41.5 Å². The number of rotatable bonds is 8.